The van der Waals surface area contributed by atoms with Crippen LogP contribution >= 0.6 is 0 Å². The maximum absolute atomic E-state index is 12.3. The lowest BCUT2D eigenvalue weighted by atomic mass is 9.40. The van der Waals surface area contributed by atoms with E-state index in [2.05, 4.69) is 33.4 Å². The van der Waals surface area contributed by atoms with E-state index in [0.29, 0.717) is 18.4 Å². The Balaban J connectivity index is 1.70. The molecule has 0 heterocycles. The molecule has 4 rings (SSSR count). The standard InChI is InChI=1S/C25H38O3/c1-6-16(2)15-28-21-17(3)18-8-9-20-23(4)11-7-12-24(5,22(26)27)19(23)10-13-25(20,21)14-18/h6,18-21H,3,7-15H2,1-2,4-5H3,(H,26,27). The summed E-state index contributed by atoms with van der Waals surface area (Å²) in [6, 6.07) is 0. The van der Waals surface area contributed by atoms with Gasteiger partial charge in [-0.3, -0.25) is 4.79 Å². The fourth-order valence-corrected chi connectivity index (χ4v) is 8.16. The van der Waals surface area contributed by atoms with Crippen molar-refractivity contribution in [1.82, 2.24) is 0 Å². The monoisotopic (exact) mass is 386 g/mol. The largest absolute Gasteiger partial charge is 0.481 e. The van der Waals surface area contributed by atoms with Crippen molar-refractivity contribution < 1.29 is 14.6 Å². The van der Waals surface area contributed by atoms with Crippen molar-refractivity contribution in [2.75, 3.05) is 6.61 Å². The number of carboxylic acids is 1. The number of hydrogen-bond donors (Lipinski definition) is 1. The molecular formula is C25H38O3. The molecule has 4 saturated carbocycles. The first-order valence-corrected chi connectivity index (χ1v) is 11.3. The van der Waals surface area contributed by atoms with Gasteiger partial charge in [0, 0.05) is 5.41 Å². The molecule has 1 N–H and O–H groups in total. The van der Waals surface area contributed by atoms with E-state index in [1.54, 1.807) is 0 Å². The number of hydrogen-bond acceptors (Lipinski definition) is 2. The fraction of sp³-hybridized carbons (Fsp3) is 0.800. The van der Waals surface area contributed by atoms with Gasteiger partial charge in [-0.15, -0.1) is 0 Å². The molecule has 0 aromatic carbocycles. The Morgan fingerprint density at radius 1 is 1.21 bits per heavy atom. The molecule has 0 aromatic rings. The van der Waals surface area contributed by atoms with E-state index >= 15 is 0 Å². The molecule has 2 bridgehead atoms. The van der Waals surface area contributed by atoms with E-state index in [0.717, 1.165) is 25.7 Å². The molecular weight excluding hydrogens is 348 g/mol. The van der Waals surface area contributed by atoms with E-state index in [1.165, 1.54) is 36.8 Å². The molecule has 3 heteroatoms. The summed E-state index contributed by atoms with van der Waals surface area (Å²) in [4.78, 5) is 12.3. The summed E-state index contributed by atoms with van der Waals surface area (Å²) < 4.78 is 6.58. The van der Waals surface area contributed by atoms with Crippen molar-refractivity contribution in [2.24, 2.45) is 34.0 Å². The van der Waals surface area contributed by atoms with E-state index in [-0.39, 0.29) is 22.9 Å². The molecule has 7 unspecified atom stereocenters. The Hall–Kier alpha value is -1.09. The third kappa shape index (κ3) is 2.61. The van der Waals surface area contributed by atoms with E-state index in [9.17, 15) is 9.90 Å². The van der Waals surface area contributed by atoms with Crippen LogP contribution in [-0.2, 0) is 9.53 Å². The molecule has 0 aromatic heterocycles. The Labute approximate surface area is 170 Å². The first kappa shape index (κ1) is 20.2. The zero-order chi connectivity index (χ0) is 20.3. The number of aliphatic carboxylic acids is 1. The van der Waals surface area contributed by atoms with Crippen molar-refractivity contribution >= 4 is 5.97 Å². The van der Waals surface area contributed by atoms with Gasteiger partial charge in [-0.25, -0.2) is 0 Å². The molecule has 7 atom stereocenters. The highest BCUT2D eigenvalue weighted by Gasteiger charge is 2.68. The number of rotatable bonds is 4. The predicted octanol–water partition coefficient (Wildman–Crippen LogP) is 6.00. The molecule has 4 aliphatic carbocycles. The van der Waals surface area contributed by atoms with Crippen molar-refractivity contribution in [3.63, 3.8) is 0 Å². The number of carboxylic acid groups (broad SMARTS) is 1. The Morgan fingerprint density at radius 2 is 1.96 bits per heavy atom. The number of carbonyl (C=O) groups is 1. The first-order chi connectivity index (χ1) is 13.2. The number of ether oxygens (including phenoxy) is 1. The average molecular weight is 387 g/mol. The number of fused-ring (bicyclic) bond motifs is 3. The normalized spacial score (nSPS) is 48.1. The molecule has 0 radical (unpaired) electrons. The Kier molecular flexibility index (Phi) is 4.85. The predicted molar refractivity (Wildman–Crippen MR) is 112 cm³/mol. The highest BCUT2D eigenvalue weighted by Crippen LogP contribution is 2.72. The van der Waals surface area contributed by atoms with Crippen molar-refractivity contribution in [3.05, 3.63) is 23.8 Å². The Bertz CT molecular complexity index is 709. The van der Waals surface area contributed by atoms with Gasteiger partial charge in [-0.2, -0.15) is 0 Å². The summed E-state index contributed by atoms with van der Waals surface area (Å²) in [6.45, 7) is 13.9. The van der Waals surface area contributed by atoms with Crippen LogP contribution in [0.5, 0.6) is 0 Å². The molecule has 0 aliphatic heterocycles. The van der Waals surface area contributed by atoms with Gasteiger partial charge >= 0.3 is 5.97 Å². The minimum atomic E-state index is -0.583. The lowest BCUT2D eigenvalue weighted by Crippen LogP contribution is -2.60. The van der Waals surface area contributed by atoms with Gasteiger partial charge in [0.1, 0.15) is 0 Å². The maximum Gasteiger partial charge on any atom is 0.309 e. The zero-order valence-electron chi connectivity index (χ0n) is 18.2. The van der Waals surface area contributed by atoms with Gasteiger partial charge in [0.25, 0.3) is 0 Å². The van der Waals surface area contributed by atoms with Crippen LogP contribution in [-0.4, -0.2) is 23.8 Å². The van der Waals surface area contributed by atoms with Crippen LogP contribution in [0.4, 0.5) is 0 Å². The van der Waals surface area contributed by atoms with Gasteiger partial charge < -0.3 is 9.84 Å². The smallest absolute Gasteiger partial charge is 0.309 e. The second-order valence-electron chi connectivity index (χ2n) is 10.8. The maximum atomic E-state index is 12.3. The molecule has 0 amide bonds. The molecule has 4 fully saturated rings. The average Bonchev–Trinajstić information content (AvgIpc) is 2.85. The van der Waals surface area contributed by atoms with Gasteiger partial charge in [-0.1, -0.05) is 31.6 Å². The number of allylic oxidation sites excluding steroid dienone is 1. The van der Waals surface area contributed by atoms with Gasteiger partial charge in [-0.05, 0) is 94.5 Å². The molecule has 3 nitrogen and oxygen atoms in total. The topological polar surface area (TPSA) is 46.5 Å². The molecule has 1 spiro atoms. The second-order valence-corrected chi connectivity index (χ2v) is 10.8. The summed E-state index contributed by atoms with van der Waals surface area (Å²) >= 11 is 0. The third-order valence-electron chi connectivity index (χ3n) is 9.64. The summed E-state index contributed by atoms with van der Waals surface area (Å²) in [6.07, 6.45) is 11.1. The van der Waals surface area contributed by atoms with E-state index in [1.807, 2.05) is 6.92 Å². The van der Waals surface area contributed by atoms with Gasteiger partial charge in [0.05, 0.1) is 18.1 Å². The molecule has 28 heavy (non-hydrogen) atoms. The van der Waals surface area contributed by atoms with Crippen LogP contribution in [0.25, 0.3) is 0 Å². The van der Waals surface area contributed by atoms with Crippen LogP contribution in [0, 0.1) is 34.0 Å². The minimum absolute atomic E-state index is 0.108. The lowest BCUT2D eigenvalue weighted by Gasteiger charge is -2.64. The van der Waals surface area contributed by atoms with E-state index in [4.69, 9.17) is 4.74 Å². The highest BCUT2D eigenvalue weighted by atomic mass is 16.5. The summed E-state index contributed by atoms with van der Waals surface area (Å²) in [5.74, 6) is 0.858. The van der Waals surface area contributed by atoms with Crippen LogP contribution in [0.3, 0.4) is 0 Å². The van der Waals surface area contributed by atoms with Gasteiger partial charge in [0.2, 0.25) is 0 Å². The first-order valence-electron chi connectivity index (χ1n) is 11.3. The van der Waals surface area contributed by atoms with E-state index < -0.39 is 11.4 Å². The zero-order valence-corrected chi connectivity index (χ0v) is 18.2. The van der Waals surface area contributed by atoms with Crippen LogP contribution in [0.15, 0.2) is 23.8 Å². The lowest BCUT2D eigenvalue weighted by molar-refractivity contribution is -0.193. The molecule has 156 valence electrons. The summed E-state index contributed by atoms with van der Waals surface area (Å²) in [5, 5.41) is 10.1. The Morgan fingerprint density at radius 3 is 2.64 bits per heavy atom. The highest BCUT2D eigenvalue weighted by molar-refractivity contribution is 5.75. The fourth-order valence-electron chi connectivity index (χ4n) is 8.16. The van der Waals surface area contributed by atoms with Crippen molar-refractivity contribution in [2.45, 2.75) is 85.2 Å². The molecule has 4 aliphatic rings. The summed E-state index contributed by atoms with van der Waals surface area (Å²) in [7, 11) is 0. The second kappa shape index (κ2) is 6.72. The quantitative estimate of drug-likeness (QED) is 0.603. The van der Waals surface area contributed by atoms with Crippen LogP contribution in [0.2, 0.25) is 0 Å². The third-order valence-corrected chi connectivity index (χ3v) is 9.64. The minimum Gasteiger partial charge on any atom is -0.481 e. The van der Waals surface area contributed by atoms with Crippen LogP contribution < -0.4 is 0 Å². The van der Waals surface area contributed by atoms with Gasteiger partial charge in [0.15, 0.2) is 0 Å². The SMILES string of the molecule is C=C1C2CCC3C4(C)CCCC(C)(C(=O)O)C4CCC3(C2)C1OCC(C)=CC. The summed E-state index contributed by atoms with van der Waals surface area (Å²) in [5.41, 5.74) is 2.31. The van der Waals surface area contributed by atoms with Crippen LogP contribution in [0.1, 0.15) is 79.1 Å². The van der Waals surface area contributed by atoms with Crippen molar-refractivity contribution in [3.8, 4) is 0 Å². The molecule has 0 saturated heterocycles. The van der Waals surface area contributed by atoms with Crippen molar-refractivity contribution in [1.29, 1.82) is 0 Å².